The summed E-state index contributed by atoms with van der Waals surface area (Å²) in [7, 11) is 0. The zero-order valence-electron chi connectivity index (χ0n) is 13.4. The third kappa shape index (κ3) is 4.54. The lowest BCUT2D eigenvalue weighted by atomic mass is 10.2. The number of hydrogen-bond acceptors (Lipinski definition) is 3. The van der Waals surface area contributed by atoms with E-state index >= 15 is 0 Å². The van der Waals surface area contributed by atoms with Gasteiger partial charge < -0.3 is 10.2 Å². The Labute approximate surface area is 149 Å². The van der Waals surface area contributed by atoms with E-state index in [1.807, 2.05) is 4.90 Å². The van der Waals surface area contributed by atoms with Crippen molar-refractivity contribution in [3.05, 3.63) is 28.5 Å². The Hall–Kier alpha value is -1.47. The van der Waals surface area contributed by atoms with Crippen LogP contribution in [0.15, 0.2) is 22.7 Å². The minimum atomic E-state index is -0.454. The topological polar surface area (TPSA) is 52.7 Å². The largest absolute Gasteiger partial charge is 0.340 e. The Morgan fingerprint density at radius 1 is 1.21 bits per heavy atom. The molecule has 0 unspecified atom stereocenters. The molecule has 1 saturated carbocycles. The normalized spacial score (nSPS) is 18.5. The first-order valence-corrected chi connectivity index (χ1v) is 9.08. The number of rotatable bonds is 5. The summed E-state index contributed by atoms with van der Waals surface area (Å²) in [6.07, 6.45) is 2.38. The summed E-state index contributed by atoms with van der Waals surface area (Å²) < 4.78 is 14.3. The minimum Gasteiger partial charge on any atom is -0.340 e. The van der Waals surface area contributed by atoms with Crippen molar-refractivity contribution < 1.29 is 14.0 Å². The second-order valence-corrected chi connectivity index (χ2v) is 7.28. The molecule has 0 aromatic heterocycles. The minimum absolute atomic E-state index is 0.197. The van der Waals surface area contributed by atoms with Crippen LogP contribution in [0.5, 0.6) is 0 Å². The van der Waals surface area contributed by atoms with Crippen molar-refractivity contribution in [2.45, 2.75) is 19.3 Å². The molecule has 2 fully saturated rings. The average Bonchev–Trinajstić information content (AvgIpc) is 3.40. The van der Waals surface area contributed by atoms with Gasteiger partial charge in [0.1, 0.15) is 5.82 Å². The zero-order chi connectivity index (χ0) is 17.1. The highest BCUT2D eigenvalue weighted by atomic mass is 79.9. The van der Waals surface area contributed by atoms with Crippen LogP contribution in [0, 0.1) is 11.7 Å². The number of hydrogen-bond donors (Lipinski definition) is 1. The van der Waals surface area contributed by atoms with E-state index < -0.39 is 5.82 Å². The van der Waals surface area contributed by atoms with Gasteiger partial charge in [-0.1, -0.05) is 15.9 Å². The number of anilines is 1. The first-order chi connectivity index (χ1) is 11.5. The van der Waals surface area contributed by atoms with E-state index in [0.29, 0.717) is 17.4 Å². The molecule has 24 heavy (non-hydrogen) atoms. The molecule has 3 rings (SSSR count). The van der Waals surface area contributed by atoms with Crippen molar-refractivity contribution in [3.63, 3.8) is 0 Å². The second-order valence-electron chi connectivity index (χ2n) is 6.36. The maximum atomic E-state index is 13.7. The molecule has 1 aromatic carbocycles. The van der Waals surface area contributed by atoms with Gasteiger partial charge in [-0.05, 0) is 31.0 Å². The van der Waals surface area contributed by atoms with Crippen LogP contribution in [0.25, 0.3) is 0 Å². The predicted molar refractivity (Wildman–Crippen MR) is 93.1 cm³/mol. The van der Waals surface area contributed by atoms with E-state index in [1.165, 1.54) is 6.07 Å². The molecule has 1 aliphatic carbocycles. The molecule has 0 bridgehead atoms. The van der Waals surface area contributed by atoms with Crippen LogP contribution in [0.2, 0.25) is 0 Å². The summed E-state index contributed by atoms with van der Waals surface area (Å²) in [5.41, 5.74) is 0.197. The highest BCUT2D eigenvalue weighted by Gasteiger charge is 2.34. The molecule has 2 amide bonds. The molecule has 2 aliphatic rings. The van der Waals surface area contributed by atoms with Crippen LogP contribution in [0.1, 0.15) is 19.3 Å². The van der Waals surface area contributed by atoms with Crippen LogP contribution in [0.3, 0.4) is 0 Å². The summed E-state index contributed by atoms with van der Waals surface area (Å²) in [6, 6.07) is 4.56. The van der Waals surface area contributed by atoms with E-state index in [2.05, 4.69) is 26.1 Å². The van der Waals surface area contributed by atoms with Crippen molar-refractivity contribution in [1.29, 1.82) is 0 Å². The SMILES string of the molecule is O=C(CCN1CCN(C(=O)C2CC2)CC1)Nc1ccc(Br)cc1F. The lowest BCUT2D eigenvalue weighted by molar-refractivity contribution is -0.134. The molecule has 7 heteroatoms. The fourth-order valence-electron chi connectivity index (χ4n) is 2.84. The number of amides is 2. The molecular weight excluding hydrogens is 377 g/mol. The van der Waals surface area contributed by atoms with Crippen molar-refractivity contribution in [2.24, 2.45) is 5.92 Å². The van der Waals surface area contributed by atoms with Gasteiger partial charge in [0.15, 0.2) is 0 Å². The van der Waals surface area contributed by atoms with E-state index in [9.17, 15) is 14.0 Å². The first kappa shape index (κ1) is 17.4. The monoisotopic (exact) mass is 397 g/mol. The Kier molecular flexibility index (Phi) is 5.50. The fourth-order valence-corrected chi connectivity index (χ4v) is 3.18. The number of halogens is 2. The summed E-state index contributed by atoms with van der Waals surface area (Å²) in [6.45, 7) is 3.67. The van der Waals surface area contributed by atoms with E-state index in [0.717, 1.165) is 39.0 Å². The average molecular weight is 398 g/mol. The third-order valence-electron chi connectivity index (χ3n) is 4.47. The van der Waals surface area contributed by atoms with Crippen LogP contribution in [-0.4, -0.2) is 54.3 Å². The van der Waals surface area contributed by atoms with E-state index in [1.54, 1.807) is 12.1 Å². The molecule has 1 N–H and O–H groups in total. The summed E-state index contributed by atoms with van der Waals surface area (Å²) in [5, 5.41) is 2.60. The predicted octanol–water partition coefficient (Wildman–Crippen LogP) is 2.47. The summed E-state index contributed by atoms with van der Waals surface area (Å²) in [5.74, 6) is -0.0983. The number of benzene rings is 1. The van der Waals surface area contributed by atoms with Crippen molar-refractivity contribution >= 4 is 33.4 Å². The molecule has 0 spiro atoms. The number of carbonyl (C=O) groups is 2. The molecule has 1 aromatic rings. The summed E-state index contributed by atoms with van der Waals surface area (Å²) >= 11 is 3.19. The highest BCUT2D eigenvalue weighted by Crippen LogP contribution is 2.31. The quantitative estimate of drug-likeness (QED) is 0.829. The number of carbonyl (C=O) groups excluding carboxylic acids is 2. The van der Waals surface area contributed by atoms with Gasteiger partial charge in [0.2, 0.25) is 11.8 Å². The molecule has 130 valence electrons. The third-order valence-corrected chi connectivity index (χ3v) is 4.96. The van der Waals surface area contributed by atoms with Gasteiger partial charge in [-0.15, -0.1) is 0 Å². The number of piperazine rings is 1. The lowest BCUT2D eigenvalue weighted by Crippen LogP contribution is -2.49. The van der Waals surface area contributed by atoms with Crippen molar-refractivity contribution in [1.82, 2.24) is 9.80 Å². The number of nitrogens with one attached hydrogen (secondary N) is 1. The maximum Gasteiger partial charge on any atom is 0.225 e. The molecule has 0 radical (unpaired) electrons. The van der Waals surface area contributed by atoms with Crippen LogP contribution in [-0.2, 0) is 9.59 Å². The van der Waals surface area contributed by atoms with Crippen LogP contribution >= 0.6 is 15.9 Å². The lowest BCUT2D eigenvalue weighted by Gasteiger charge is -2.34. The smallest absolute Gasteiger partial charge is 0.225 e. The van der Waals surface area contributed by atoms with E-state index in [-0.39, 0.29) is 23.4 Å². The van der Waals surface area contributed by atoms with Crippen LogP contribution < -0.4 is 5.32 Å². The van der Waals surface area contributed by atoms with Gasteiger partial charge in [-0.3, -0.25) is 14.5 Å². The first-order valence-electron chi connectivity index (χ1n) is 8.29. The Morgan fingerprint density at radius 3 is 2.54 bits per heavy atom. The highest BCUT2D eigenvalue weighted by molar-refractivity contribution is 9.10. The number of nitrogens with zero attached hydrogens (tertiary/aromatic N) is 2. The Morgan fingerprint density at radius 2 is 1.92 bits per heavy atom. The zero-order valence-corrected chi connectivity index (χ0v) is 15.0. The summed E-state index contributed by atoms with van der Waals surface area (Å²) in [4.78, 5) is 28.1. The Balaban J connectivity index is 1.39. The molecular formula is C17H21BrFN3O2. The molecule has 5 nitrogen and oxygen atoms in total. The molecule has 1 heterocycles. The fraction of sp³-hybridized carbons (Fsp3) is 0.529. The molecule has 1 aliphatic heterocycles. The van der Waals surface area contributed by atoms with Gasteiger partial charge in [0.05, 0.1) is 5.69 Å². The van der Waals surface area contributed by atoms with Gasteiger partial charge in [-0.25, -0.2) is 4.39 Å². The van der Waals surface area contributed by atoms with Gasteiger partial charge in [-0.2, -0.15) is 0 Å². The Bertz CT molecular complexity index is 628. The molecule has 1 saturated heterocycles. The van der Waals surface area contributed by atoms with Gasteiger partial charge in [0.25, 0.3) is 0 Å². The molecule has 0 atom stereocenters. The van der Waals surface area contributed by atoms with Crippen LogP contribution in [0.4, 0.5) is 10.1 Å². The van der Waals surface area contributed by atoms with Gasteiger partial charge >= 0.3 is 0 Å². The van der Waals surface area contributed by atoms with Crippen molar-refractivity contribution in [2.75, 3.05) is 38.0 Å². The maximum absolute atomic E-state index is 13.7. The van der Waals surface area contributed by atoms with Crippen molar-refractivity contribution in [3.8, 4) is 0 Å². The standard InChI is InChI=1S/C17H21BrFN3O2/c18-13-3-4-15(14(19)11-13)20-16(23)5-6-21-7-9-22(10-8-21)17(24)12-1-2-12/h3-4,11-12H,1-2,5-10H2,(H,20,23). The second kappa shape index (κ2) is 7.61. The van der Waals surface area contributed by atoms with Gasteiger partial charge in [0, 0.05) is 49.5 Å². The van der Waals surface area contributed by atoms with E-state index in [4.69, 9.17) is 0 Å².